The van der Waals surface area contributed by atoms with Gasteiger partial charge >= 0.3 is 0 Å². The molecule has 1 aromatic rings. The van der Waals surface area contributed by atoms with Gasteiger partial charge in [-0.25, -0.2) is 13.2 Å². The van der Waals surface area contributed by atoms with Crippen molar-refractivity contribution in [2.75, 3.05) is 0 Å². The number of rotatable bonds is 1. The van der Waals surface area contributed by atoms with Crippen LogP contribution in [-0.2, 0) is 0 Å². The molecule has 0 aliphatic rings. The molecule has 0 aromatic heterocycles. The van der Waals surface area contributed by atoms with E-state index in [0.717, 1.165) is 0 Å². The maximum atomic E-state index is 12.8. The fraction of sp³-hybridized carbons (Fsp3) is 0.111. The van der Waals surface area contributed by atoms with Crippen molar-refractivity contribution in [1.29, 1.82) is 0 Å². The Balaban J connectivity index is 3.25. The maximum absolute atomic E-state index is 12.8. The topological polar surface area (TPSA) is 20.2 Å². The quantitative estimate of drug-likeness (QED) is 0.523. The average molecular weight is 186 g/mol. The Kier molecular flexibility index (Phi) is 2.59. The summed E-state index contributed by atoms with van der Waals surface area (Å²) in [6.45, 7) is 0. The van der Waals surface area contributed by atoms with Gasteiger partial charge in [0.15, 0.2) is 11.6 Å². The first kappa shape index (κ1) is 9.62. The molecule has 13 heavy (non-hydrogen) atoms. The summed E-state index contributed by atoms with van der Waals surface area (Å²) in [5.74, 6) is -1.83. The molecule has 0 aliphatic heterocycles. The van der Waals surface area contributed by atoms with Crippen LogP contribution in [0.4, 0.5) is 13.2 Å². The van der Waals surface area contributed by atoms with Crippen LogP contribution in [0.15, 0.2) is 12.1 Å². The van der Waals surface area contributed by atoms with E-state index < -0.39 is 29.1 Å². The first-order chi connectivity index (χ1) is 6.06. The van der Waals surface area contributed by atoms with Crippen LogP contribution in [0, 0.1) is 29.8 Å². The lowest BCUT2D eigenvalue weighted by Crippen LogP contribution is -2.00. The summed E-state index contributed by atoms with van der Waals surface area (Å²) < 4.78 is 37.7. The van der Waals surface area contributed by atoms with Crippen molar-refractivity contribution in [2.45, 2.75) is 6.10 Å². The van der Waals surface area contributed by atoms with E-state index in [1.54, 1.807) is 5.92 Å². The Morgan fingerprint density at radius 1 is 1.15 bits per heavy atom. The van der Waals surface area contributed by atoms with Gasteiger partial charge in [0, 0.05) is 11.6 Å². The zero-order valence-corrected chi connectivity index (χ0v) is 6.39. The molecule has 0 bridgehead atoms. The number of aliphatic hydroxyl groups excluding tert-OH is 1. The van der Waals surface area contributed by atoms with Crippen molar-refractivity contribution in [2.24, 2.45) is 0 Å². The van der Waals surface area contributed by atoms with E-state index in [4.69, 9.17) is 11.5 Å². The van der Waals surface area contributed by atoms with Crippen molar-refractivity contribution in [1.82, 2.24) is 0 Å². The molecular formula is C9H5F3O. The lowest BCUT2D eigenvalue weighted by molar-refractivity contribution is 0.231. The van der Waals surface area contributed by atoms with Crippen LogP contribution in [0.2, 0.25) is 0 Å². The minimum Gasteiger partial charge on any atom is -0.376 e. The normalized spacial score (nSPS) is 12.2. The van der Waals surface area contributed by atoms with Gasteiger partial charge in [-0.2, -0.15) is 0 Å². The molecule has 0 heterocycles. The molecule has 1 atom stereocenters. The molecule has 1 aromatic carbocycles. The highest BCUT2D eigenvalue weighted by atomic mass is 19.2. The minimum absolute atomic E-state index is 0.339. The Morgan fingerprint density at radius 2 is 1.69 bits per heavy atom. The summed E-state index contributed by atoms with van der Waals surface area (Å²) in [6, 6.07) is 0.875. The molecule has 0 saturated carbocycles. The first-order valence-electron chi connectivity index (χ1n) is 3.35. The zero-order valence-electron chi connectivity index (χ0n) is 6.39. The zero-order chi connectivity index (χ0) is 10.0. The number of benzene rings is 1. The third-order valence-electron chi connectivity index (χ3n) is 1.49. The summed E-state index contributed by atoms with van der Waals surface area (Å²) in [5, 5.41) is 8.96. The van der Waals surface area contributed by atoms with Crippen LogP contribution in [0.1, 0.15) is 11.7 Å². The number of hydrogen-bond acceptors (Lipinski definition) is 1. The largest absolute Gasteiger partial charge is 0.376 e. The molecule has 0 radical (unpaired) electrons. The Labute approximate surface area is 72.8 Å². The van der Waals surface area contributed by atoms with Gasteiger partial charge in [-0.3, -0.25) is 0 Å². The second-order valence-corrected chi connectivity index (χ2v) is 2.36. The van der Waals surface area contributed by atoms with Crippen LogP contribution in [-0.4, -0.2) is 5.11 Å². The summed E-state index contributed by atoms with van der Waals surface area (Å²) in [7, 11) is 0. The third kappa shape index (κ3) is 1.82. The molecule has 0 spiro atoms. The molecule has 1 nitrogen and oxygen atoms in total. The molecule has 1 rings (SSSR count). The van der Waals surface area contributed by atoms with Crippen molar-refractivity contribution < 1.29 is 18.3 Å². The Hall–Kier alpha value is -1.47. The Morgan fingerprint density at radius 3 is 2.23 bits per heavy atom. The van der Waals surface area contributed by atoms with E-state index in [-0.39, 0.29) is 0 Å². The molecule has 1 unspecified atom stereocenters. The minimum atomic E-state index is -1.56. The number of halogens is 3. The molecule has 0 amide bonds. The standard InChI is InChI=1S/C9H5F3O/c1-2-9(13)5-3-7(11)8(12)4-6(5)10/h1,3-4,9,13H. The van der Waals surface area contributed by atoms with E-state index in [1.165, 1.54) is 0 Å². The monoisotopic (exact) mass is 186 g/mol. The fourth-order valence-corrected chi connectivity index (χ4v) is 0.837. The van der Waals surface area contributed by atoms with E-state index in [1.807, 2.05) is 0 Å². The summed E-state index contributed by atoms with van der Waals surface area (Å²) >= 11 is 0. The lowest BCUT2D eigenvalue weighted by Gasteiger charge is -2.05. The predicted molar refractivity (Wildman–Crippen MR) is 40.1 cm³/mol. The van der Waals surface area contributed by atoms with E-state index in [2.05, 4.69) is 0 Å². The highest BCUT2D eigenvalue weighted by Gasteiger charge is 2.14. The van der Waals surface area contributed by atoms with Gasteiger partial charge in [-0.05, 0) is 6.07 Å². The highest BCUT2D eigenvalue weighted by molar-refractivity contribution is 5.26. The molecular weight excluding hydrogens is 181 g/mol. The van der Waals surface area contributed by atoms with Crippen LogP contribution < -0.4 is 0 Å². The second-order valence-electron chi connectivity index (χ2n) is 2.36. The third-order valence-corrected chi connectivity index (χ3v) is 1.49. The van der Waals surface area contributed by atoms with Crippen LogP contribution >= 0.6 is 0 Å². The summed E-state index contributed by atoms with van der Waals surface area (Å²) in [5.41, 5.74) is -0.443. The molecule has 0 fully saturated rings. The van der Waals surface area contributed by atoms with E-state index in [0.29, 0.717) is 12.1 Å². The second kappa shape index (κ2) is 3.50. The maximum Gasteiger partial charge on any atom is 0.161 e. The van der Waals surface area contributed by atoms with Crippen LogP contribution in [0.3, 0.4) is 0 Å². The predicted octanol–water partition coefficient (Wildman–Crippen LogP) is 1.77. The van der Waals surface area contributed by atoms with Gasteiger partial charge in [-0.15, -0.1) is 6.42 Å². The van der Waals surface area contributed by atoms with Gasteiger partial charge in [0.1, 0.15) is 11.9 Å². The molecule has 4 heteroatoms. The van der Waals surface area contributed by atoms with Crippen LogP contribution in [0.5, 0.6) is 0 Å². The fourth-order valence-electron chi connectivity index (χ4n) is 0.837. The van der Waals surface area contributed by atoms with Crippen LogP contribution in [0.25, 0.3) is 0 Å². The Bertz CT molecular complexity index is 368. The molecule has 0 aliphatic carbocycles. The first-order valence-corrected chi connectivity index (χ1v) is 3.35. The van der Waals surface area contributed by atoms with Gasteiger partial charge in [0.2, 0.25) is 0 Å². The molecule has 68 valence electrons. The average Bonchev–Trinajstić information content (AvgIpc) is 2.10. The number of terminal acetylenes is 1. The van der Waals surface area contributed by atoms with Gasteiger partial charge in [0.05, 0.1) is 0 Å². The highest BCUT2D eigenvalue weighted by Crippen LogP contribution is 2.19. The SMILES string of the molecule is C#CC(O)c1cc(F)c(F)cc1F. The summed E-state index contributed by atoms with van der Waals surface area (Å²) in [6.07, 6.45) is 3.22. The van der Waals surface area contributed by atoms with Crippen molar-refractivity contribution >= 4 is 0 Å². The number of aliphatic hydroxyl groups is 1. The lowest BCUT2D eigenvalue weighted by atomic mass is 10.1. The van der Waals surface area contributed by atoms with Crippen molar-refractivity contribution in [3.05, 3.63) is 35.1 Å². The van der Waals surface area contributed by atoms with Gasteiger partial charge in [-0.1, -0.05) is 5.92 Å². The van der Waals surface area contributed by atoms with Crippen molar-refractivity contribution in [3.8, 4) is 12.3 Å². The summed E-state index contributed by atoms with van der Waals surface area (Å²) in [4.78, 5) is 0. The smallest absolute Gasteiger partial charge is 0.161 e. The van der Waals surface area contributed by atoms with Gasteiger partial charge < -0.3 is 5.11 Å². The number of hydrogen-bond donors (Lipinski definition) is 1. The van der Waals surface area contributed by atoms with E-state index in [9.17, 15) is 13.2 Å². The molecule has 0 saturated heterocycles. The van der Waals surface area contributed by atoms with Crippen molar-refractivity contribution in [3.63, 3.8) is 0 Å². The van der Waals surface area contributed by atoms with Gasteiger partial charge in [0.25, 0.3) is 0 Å². The van der Waals surface area contributed by atoms with E-state index >= 15 is 0 Å². The molecule has 1 N–H and O–H groups in total.